The van der Waals surface area contributed by atoms with Gasteiger partial charge in [0.15, 0.2) is 6.29 Å². The molecule has 0 aromatic heterocycles. The average Bonchev–Trinajstić information content (AvgIpc) is 2.62. The molecule has 0 bridgehead atoms. The van der Waals surface area contributed by atoms with Crippen molar-refractivity contribution in [1.29, 1.82) is 0 Å². The van der Waals surface area contributed by atoms with Crippen LogP contribution in [0.15, 0.2) is 65.6 Å². The van der Waals surface area contributed by atoms with E-state index in [-0.39, 0.29) is 5.91 Å². The molecule has 114 valence electrons. The fourth-order valence-corrected chi connectivity index (χ4v) is 3.23. The molecule has 0 fully saturated rings. The Morgan fingerprint density at radius 3 is 2.39 bits per heavy atom. The SMILES string of the molecule is O=Cc1ccccc1C(=O)Nc1ccc(SCl)c2ccccc12. The van der Waals surface area contributed by atoms with Gasteiger partial charge in [0.05, 0.1) is 5.56 Å². The molecule has 0 radical (unpaired) electrons. The molecular formula is C18H12ClNO2S. The first-order valence-corrected chi connectivity index (χ1v) is 8.54. The van der Waals surface area contributed by atoms with Crippen molar-refractivity contribution in [3.63, 3.8) is 0 Å². The van der Waals surface area contributed by atoms with Crippen LogP contribution in [0.1, 0.15) is 20.7 Å². The van der Waals surface area contributed by atoms with Gasteiger partial charge in [-0.1, -0.05) is 42.5 Å². The molecule has 0 spiro atoms. The number of halogens is 1. The lowest BCUT2D eigenvalue weighted by atomic mass is 10.1. The predicted molar refractivity (Wildman–Crippen MR) is 95.4 cm³/mol. The van der Waals surface area contributed by atoms with Gasteiger partial charge in [-0.2, -0.15) is 0 Å². The molecule has 0 heterocycles. The van der Waals surface area contributed by atoms with Gasteiger partial charge < -0.3 is 5.32 Å². The van der Waals surface area contributed by atoms with Gasteiger partial charge >= 0.3 is 0 Å². The number of carbonyl (C=O) groups excluding carboxylic acids is 2. The molecule has 0 aliphatic heterocycles. The van der Waals surface area contributed by atoms with Crippen LogP contribution in [0.4, 0.5) is 5.69 Å². The van der Waals surface area contributed by atoms with Crippen LogP contribution < -0.4 is 5.32 Å². The third-order valence-corrected chi connectivity index (χ3v) is 4.57. The molecule has 3 aromatic carbocycles. The van der Waals surface area contributed by atoms with Crippen molar-refractivity contribution in [1.82, 2.24) is 0 Å². The van der Waals surface area contributed by atoms with Crippen molar-refractivity contribution in [2.24, 2.45) is 0 Å². The van der Waals surface area contributed by atoms with Gasteiger partial charge in [-0.15, -0.1) is 0 Å². The Morgan fingerprint density at radius 1 is 0.957 bits per heavy atom. The summed E-state index contributed by atoms with van der Waals surface area (Å²) in [5, 5.41) is 4.74. The van der Waals surface area contributed by atoms with Crippen molar-refractivity contribution in [2.75, 3.05) is 5.32 Å². The molecule has 3 aromatic rings. The summed E-state index contributed by atoms with van der Waals surface area (Å²) in [6.07, 6.45) is 0.681. The smallest absolute Gasteiger partial charge is 0.256 e. The number of hydrogen-bond acceptors (Lipinski definition) is 3. The van der Waals surface area contributed by atoms with E-state index in [1.807, 2.05) is 36.4 Å². The largest absolute Gasteiger partial charge is 0.321 e. The van der Waals surface area contributed by atoms with Gasteiger partial charge in [0.1, 0.15) is 0 Å². The zero-order valence-electron chi connectivity index (χ0n) is 12.0. The van der Waals surface area contributed by atoms with E-state index in [2.05, 4.69) is 5.32 Å². The van der Waals surface area contributed by atoms with E-state index in [1.165, 1.54) is 0 Å². The van der Waals surface area contributed by atoms with E-state index < -0.39 is 0 Å². The first-order valence-electron chi connectivity index (χ1n) is 6.90. The fourth-order valence-electron chi connectivity index (χ4n) is 2.44. The van der Waals surface area contributed by atoms with E-state index in [0.717, 1.165) is 26.6 Å². The topological polar surface area (TPSA) is 46.2 Å². The van der Waals surface area contributed by atoms with E-state index in [1.54, 1.807) is 24.3 Å². The highest BCUT2D eigenvalue weighted by Gasteiger charge is 2.13. The summed E-state index contributed by atoms with van der Waals surface area (Å²) in [6, 6.07) is 18.1. The Balaban J connectivity index is 2.02. The van der Waals surface area contributed by atoms with Crippen LogP contribution >= 0.6 is 21.7 Å². The zero-order valence-corrected chi connectivity index (χ0v) is 13.5. The Morgan fingerprint density at radius 2 is 1.65 bits per heavy atom. The highest BCUT2D eigenvalue weighted by molar-refractivity contribution is 8.21. The fraction of sp³-hybridized carbons (Fsp3) is 0. The summed E-state index contributed by atoms with van der Waals surface area (Å²) in [4.78, 5) is 24.5. The number of anilines is 1. The number of fused-ring (bicyclic) bond motifs is 1. The lowest BCUT2D eigenvalue weighted by Crippen LogP contribution is -2.14. The molecule has 1 N–H and O–H groups in total. The molecule has 0 aliphatic carbocycles. The van der Waals surface area contributed by atoms with E-state index in [0.29, 0.717) is 23.1 Å². The summed E-state index contributed by atoms with van der Waals surface area (Å²) >= 11 is 0. The molecule has 3 rings (SSSR count). The van der Waals surface area contributed by atoms with E-state index in [4.69, 9.17) is 10.7 Å². The molecule has 3 nitrogen and oxygen atoms in total. The molecule has 5 heteroatoms. The summed E-state index contributed by atoms with van der Waals surface area (Å²) in [6.45, 7) is 0. The van der Waals surface area contributed by atoms with Crippen molar-refractivity contribution >= 4 is 50.3 Å². The molecule has 0 saturated carbocycles. The number of nitrogens with one attached hydrogen (secondary N) is 1. The van der Waals surface area contributed by atoms with E-state index >= 15 is 0 Å². The van der Waals surface area contributed by atoms with Gasteiger partial charge in [0.2, 0.25) is 0 Å². The second-order valence-electron chi connectivity index (χ2n) is 4.89. The van der Waals surface area contributed by atoms with Gasteiger partial charge in [-0.05, 0) is 45.2 Å². The molecule has 0 unspecified atom stereocenters. The van der Waals surface area contributed by atoms with Crippen molar-refractivity contribution in [2.45, 2.75) is 4.90 Å². The summed E-state index contributed by atoms with van der Waals surface area (Å²) < 4.78 is 0. The van der Waals surface area contributed by atoms with Crippen molar-refractivity contribution in [3.8, 4) is 0 Å². The number of rotatable bonds is 4. The third-order valence-electron chi connectivity index (χ3n) is 3.55. The number of benzene rings is 3. The first-order chi connectivity index (χ1) is 11.2. The highest BCUT2D eigenvalue weighted by atomic mass is 35.7. The van der Waals surface area contributed by atoms with Crippen LogP contribution in [-0.2, 0) is 0 Å². The van der Waals surface area contributed by atoms with Gasteiger partial charge in [-0.3, -0.25) is 9.59 Å². The van der Waals surface area contributed by atoms with Crippen molar-refractivity contribution < 1.29 is 9.59 Å². The molecular weight excluding hydrogens is 330 g/mol. The maximum absolute atomic E-state index is 12.5. The number of amides is 1. The zero-order chi connectivity index (χ0) is 16.2. The van der Waals surface area contributed by atoms with Crippen molar-refractivity contribution in [3.05, 3.63) is 71.8 Å². The third kappa shape index (κ3) is 3.09. The highest BCUT2D eigenvalue weighted by Crippen LogP contribution is 2.34. The van der Waals surface area contributed by atoms with Crippen LogP contribution in [-0.4, -0.2) is 12.2 Å². The number of carbonyl (C=O) groups is 2. The predicted octanol–water partition coefficient (Wildman–Crippen LogP) is 5.15. The monoisotopic (exact) mass is 341 g/mol. The molecule has 0 atom stereocenters. The Bertz CT molecular complexity index is 895. The van der Waals surface area contributed by atoms with E-state index in [9.17, 15) is 9.59 Å². The van der Waals surface area contributed by atoms with Gasteiger partial charge in [0.25, 0.3) is 5.91 Å². The maximum Gasteiger partial charge on any atom is 0.256 e. The van der Waals surface area contributed by atoms with Gasteiger partial charge in [-0.25, -0.2) is 0 Å². The van der Waals surface area contributed by atoms with Crippen LogP contribution in [0.25, 0.3) is 10.8 Å². The van der Waals surface area contributed by atoms with Crippen LogP contribution in [0.3, 0.4) is 0 Å². The minimum atomic E-state index is -0.316. The number of hydrogen-bond donors (Lipinski definition) is 1. The maximum atomic E-state index is 12.5. The second-order valence-corrected chi connectivity index (χ2v) is 5.95. The molecule has 0 saturated heterocycles. The Labute approximate surface area is 142 Å². The number of aldehydes is 1. The molecule has 23 heavy (non-hydrogen) atoms. The average molecular weight is 342 g/mol. The lowest BCUT2D eigenvalue weighted by Gasteiger charge is -2.11. The minimum absolute atomic E-state index is 0.316. The second kappa shape index (κ2) is 6.86. The summed E-state index contributed by atoms with van der Waals surface area (Å²) in [7, 11) is 7.03. The first kappa shape index (κ1) is 15.6. The van der Waals surface area contributed by atoms with Crippen LogP contribution in [0.5, 0.6) is 0 Å². The summed E-state index contributed by atoms with van der Waals surface area (Å²) in [5.74, 6) is -0.316. The Kier molecular flexibility index (Phi) is 4.65. The van der Waals surface area contributed by atoms with Crippen LogP contribution in [0, 0.1) is 0 Å². The van der Waals surface area contributed by atoms with Gasteiger partial charge in [0, 0.05) is 21.5 Å². The lowest BCUT2D eigenvalue weighted by molar-refractivity contribution is 0.101. The molecule has 1 amide bonds. The van der Waals surface area contributed by atoms with Crippen LogP contribution in [0.2, 0.25) is 0 Å². The summed E-state index contributed by atoms with van der Waals surface area (Å²) in [5.41, 5.74) is 1.39. The standard InChI is InChI=1S/C18H12ClNO2S/c19-23-17-10-9-16(14-7-3-4-8-15(14)17)20-18(22)13-6-2-1-5-12(13)11-21/h1-11H,(H,20,22). The quantitative estimate of drug-likeness (QED) is 0.667. The Hall–Kier alpha value is -2.30. The molecule has 0 aliphatic rings. The minimum Gasteiger partial charge on any atom is -0.321 e. The normalized spacial score (nSPS) is 10.5.